The summed E-state index contributed by atoms with van der Waals surface area (Å²) in [7, 11) is 1.63. The van der Waals surface area contributed by atoms with E-state index in [1.165, 1.54) is 12.4 Å². The van der Waals surface area contributed by atoms with E-state index in [-0.39, 0.29) is 5.78 Å². The topological polar surface area (TPSA) is 87.9 Å². The van der Waals surface area contributed by atoms with E-state index in [4.69, 9.17) is 10.00 Å². The van der Waals surface area contributed by atoms with Gasteiger partial charge >= 0.3 is 0 Å². The highest BCUT2D eigenvalue weighted by molar-refractivity contribution is 6.08. The molecule has 3 aromatic rings. The number of nitrogens with one attached hydrogen (secondary N) is 1. The van der Waals surface area contributed by atoms with Gasteiger partial charge in [0.1, 0.15) is 5.75 Å². The molecule has 1 N–H and O–H groups in total. The molecule has 0 fully saturated rings. The summed E-state index contributed by atoms with van der Waals surface area (Å²) in [5.41, 5.74) is 2.30. The molecule has 0 atom stereocenters. The van der Waals surface area contributed by atoms with E-state index >= 15 is 0 Å². The van der Waals surface area contributed by atoms with E-state index in [2.05, 4.69) is 15.3 Å². The van der Waals surface area contributed by atoms with Crippen molar-refractivity contribution in [1.82, 2.24) is 9.97 Å². The summed E-state index contributed by atoms with van der Waals surface area (Å²) in [6.45, 7) is 0.557. The van der Waals surface area contributed by atoms with Gasteiger partial charge in [-0.15, -0.1) is 0 Å². The molecule has 0 unspecified atom stereocenters. The van der Waals surface area contributed by atoms with Gasteiger partial charge in [0.2, 0.25) is 5.95 Å². The van der Waals surface area contributed by atoms with Crippen LogP contribution < -0.4 is 10.1 Å². The highest BCUT2D eigenvalue weighted by atomic mass is 16.5. The summed E-state index contributed by atoms with van der Waals surface area (Å²) in [6, 6.07) is 16.2. The molecular weight excluding hydrogens is 328 g/mol. The number of carbonyl (C=O) groups is 1. The standard InChI is InChI=1S/C20H16N4O2/c1-26-18-7-5-14(6-8-18)11-22-20-23-12-17(13-24-20)19(25)16-4-2-3-15(9-16)10-21/h2-9,12-13H,11H2,1H3,(H,22,23,24). The van der Waals surface area contributed by atoms with Crippen molar-refractivity contribution in [3.63, 3.8) is 0 Å². The van der Waals surface area contributed by atoms with Gasteiger partial charge in [-0.1, -0.05) is 24.3 Å². The third-order valence-electron chi connectivity index (χ3n) is 3.78. The van der Waals surface area contributed by atoms with Crippen molar-refractivity contribution in [3.8, 4) is 11.8 Å². The third-order valence-corrected chi connectivity index (χ3v) is 3.78. The summed E-state index contributed by atoms with van der Waals surface area (Å²) in [4.78, 5) is 20.8. The Kier molecular flexibility index (Phi) is 5.20. The van der Waals surface area contributed by atoms with Gasteiger partial charge in [0, 0.05) is 24.5 Å². The Morgan fingerprint density at radius 2 is 1.85 bits per heavy atom. The Morgan fingerprint density at radius 1 is 1.12 bits per heavy atom. The maximum atomic E-state index is 12.4. The summed E-state index contributed by atoms with van der Waals surface area (Å²) in [5, 5.41) is 12.0. The maximum absolute atomic E-state index is 12.4. The van der Waals surface area contributed by atoms with Gasteiger partial charge in [-0.25, -0.2) is 9.97 Å². The molecular formula is C20H16N4O2. The van der Waals surface area contributed by atoms with Crippen LogP contribution in [0.1, 0.15) is 27.0 Å². The van der Waals surface area contributed by atoms with Gasteiger partial charge in [0.15, 0.2) is 5.78 Å². The minimum absolute atomic E-state index is 0.219. The van der Waals surface area contributed by atoms with E-state index in [1.54, 1.807) is 31.4 Å². The molecule has 2 aromatic carbocycles. The van der Waals surface area contributed by atoms with Gasteiger partial charge in [-0.2, -0.15) is 5.26 Å². The van der Waals surface area contributed by atoms with Crippen LogP contribution in [0.5, 0.6) is 5.75 Å². The molecule has 3 rings (SSSR count). The fraction of sp³-hybridized carbons (Fsp3) is 0.100. The van der Waals surface area contributed by atoms with E-state index in [0.717, 1.165) is 11.3 Å². The van der Waals surface area contributed by atoms with Crippen molar-refractivity contribution in [1.29, 1.82) is 5.26 Å². The maximum Gasteiger partial charge on any atom is 0.222 e. The lowest BCUT2D eigenvalue weighted by atomic mass is 10.0. The van der Waals surface area contributed by atoms with Crippen LogP contribution in [0, 0.1) is 11.3 Å². The van der Waals surface area contributed by atoms with Gasteiger partial charge < -0.3 is 10.1 Å². The Morgan fingerprint density at radius 3 is 2.50 bits per heavy atom. The largest absolute Gasteiger partial charge is 0.497 e. The van der Waals surface area contributed by atoms with Gasteiger partial charge in [-0.05, 0) is 29.8 Å². The van der Waals surface area contributed by atoms with Crippen LogP contribution in [0.2, 0.25) is 0 Å². The zero-order valence-corrected chi connectivity index (χ0v) is 14.1. The van der Waals surface area contributed by atoms with E-state index < -0.39 is 0 Å². The van der Waals surface area contributed by atoms with Gasteiger partial charge in [0.25, 0.3) is 0 Å². The van der Waals surface area contributed by atoms with Crippen molar-refractivity contribution in [3.05, 3.63) is 83.2 Å². The summed E-state index contributed by atoms with van der Waals surface area (Å²) < 4.78 is 5.12. The highest BCUT2D eigenvalue weighted by Crippen LogP contribution is 2.13. The quantitative estimate of drug-likeness (QED) is 0.691. The van der Waals surface area contributed by atoms with Crippen molar-refractivity contribution < 1.29 is 9.53 Å². The predicted octanol–water partition coefficient (Wildman–Crippen LogP) is 3.20. The molecule has 0 saturated heterocycles. The Balaban J connectivity index is 1.65. The fourth-order valence-electron chi connectivity index (χ4n) is 2.36. The second-order valence-corrected chi connectivity index (χ2v) is 5.52. The lowest BCUT2D eigenvalue weighted by Crippen LogP contribution is -2.07. The lowest BCUT2D eigenvalue weighted by molar-refractivity contribution is 0.103. The molecule has 0 saturated carbocycles. The molecule has 0 aliphatic rings. The number of aromatic nitrogens is 2. The Bertz CT molecular complexity index is 945. The number of nitriles is 1. The minimum Gasteiger partial charge on any atom is -0.497 e. The van der Waals surface area contributed by atoms with Crippen LogP contribution in [0.3, 0.4) is 0 Å². The molecule has 6 heteroatoms. The predicted molar refractivity (Wildman–Crippen MR) is 96.9 cm³/mol. The van der Waals surface area contributed by atoms with Crippen LogP contribution in [-0.4, -0.2) is 22.9 Å². The fourth-order valence-corrected chi connectivity index (χ4v) is 2.36. The Labute approximate surface area is 151 Å². The molecule has 128 valence electrons. The first-order chi connectivity index (χ1) is 12.7. The van der Waals surface area contributed by atoms with E-state index in [0.29, 0.717) is 29.2 Å². The van der Waals surface area contributed by atoms with E-state index in [1.807, 2.05) is 30.3 Å². The molecule has 6 nitrogen and oxygen atoms in total. The number of benzene rings is 2. The number of hydrogen-bond donors (Lipinski definition) is 1. The number of carbonyl (C=O) groups excluding carboxylic acids is 1. The molecule has 0 bridgehead atoms. The molecule has 0 radical (unpaired) electrons. The molecule has 0 amide bonds. The zero-order valence-electron chi connectivity index (χ0n) is 14.1. The number of rotatable bonds is 6. The SMILES string of the molecule is COc1ccc(CNc2ncc(C(=O)c3cccc(C#N)c3)cn2)cc1. The number of hydrogen-bond acceptors (Lipinski definition) is 6. The average Bonchev–Trinajstić information content (AvgIpc) is 2.72. The lowest BCUT2D eigenvalue weighted by Gasteiger charge is -2.07. The first-order valence-corrected chi connectivity index (χ1v) is 7.93. The van der Waals surface area contributed by atoms with Crippen molar-refractivity contribution in [2.24, 2.45) is 0 Å². The first kappa shape index (κ1) is 17.1. The van der Waals surface area contributed by atoms with Crippen LogP contribution in [0.15, 0.2) is 60.9 Å². The first-order valence-electron chi connectivity index (χ1n) is 7.93. The molecule has 26 heavy (non-hydrogen) atoms. The average molecular weight is 344 g/mol. The second kappa shape index (κ2) is 7.90. The normalized spacial score (nSPS) is 10.0. The summed E-state index contributed by atoms with van der Waals surface area (Å²) >= 11 is 0. The van der Waals surface area contributed by atoms with Crippen LogP contribution >= 0.6 is 0 Å². The smallest absolute Gasteiger partial charge is 0.222 e. The van der Waals surface area contributed by atoms with Gasteiger partial charge in [-0.3, -0.25) is 4.79 Å². The monoisotopic (exact) mass is 344 g/mol. The Hall–Kier alpha value is -3.72. The zero-order chi connectivity index (χ0) is 18.4. The number of methoxy groups -OCH3 is 1. The van der Waals surface area contributed by atoms with Crippen molar-refractivity contribution in [2.45, 2.75) is 6.54 Å². The molecule has 0 spiro atoms. The minimum atomic E-state index is -0.219. The number of ether oxygens (including phenoxy) is 1. The van der Waals surface area contributed by atoms with E-state index in [9.17, 15) is 4.79 Å². The van der Waals surface area contributed by atoms with Gasteiger partial charge in [0.05, 0.1) is 24.3 Å². The number of ketones is 1. The van der Waals surface area contributed by atoms with Crippen LogP contribution in [0.25, 0.3) is 0 Å². The van der Waals surface area contributed by atoms with Crippen molar-refractivity contribution >= 4 is 11.7 Å². The number of nitrogens with zero attached hydrogens (tertiary/aromatic N) is 3. The van der Waals surface area contributed by atoms with Crippen LogP contribution in [0.4, 0.5) is 5.95 Å². The molecule has 1 aromatic heterocycles. The second-order valence-electron chi connectivity index (χ2n) is 5.52. The molecule has 1 heterocycles. The van der Waals surface area contributed by atoms with Crippen molar-refractivity contribution in [2.75, 3.05) is 12.4 Å². The molecule has 0 aliphatic heterocycles. The summed E-state index contributed by atoms with van der Waals surface area (Å²) in [6.07, 6.45) is 2.95. The summed E-state index contributed by atoms with van der Waals surface area (Å²) in [5.74, 6) is 1.01. The highest BCUT2D eigenvalue weighted by Gasteiger charge is 2.11. The molecule has 0 aliphatic carbocycles. The van der Waals surface area contributed by atoms with Crippen LogP contribution in [-0.2, 0) is 6.54 Å². The number of anilines is 1. The third kappa shape index (κ3) is 4.02.